The van der Waals surface area contributed by atoms with Gasteiger partial charge in [0.2, 0.25) is 0 Å². The number of hydrogen-bond donors (Lipinski definition) is 1. The van der Waals surface area contributed by atoms with Crippen molar-refractivity contribution in [2.75, 3.05) is 6.61 Å². The summed E-state index contributed by atoms with van der Waals surface area (Å²) >= 11 is 0. The van der Waals surface area contributed by atoms with Crippen LogP contribution in [0.4, 0.5) is 0 Å². The topological polar surface area (TPSA) is 20.2 Å². The molecule has 0 radical (unpaired) electrons. The number of unbranched alkanes of at least 4 members (excludes halogenated alkanes) is 1. The Morgan fingerprint density at radius 1 is 1.38 bits per heavy atom. The lowest BCUT2D eigenvalue weighted by Crippen LogP contribution is -2.08. The van der Waals surface area contributed by atoms with E-state index in [0.717, 1.165) is 19.3 Å². The molecule has 0 atom stereocenters. The monoisotopic (exact) mass is 182 g/mol. The minimum Gasteiger partial charge on any atom is -0.396 e. The molecule has 0 unspecified atom stereocenters. The Morgan fingerprint density at radius 3 is 2.38 bits per heavy atom. The second kappa shape index (κ2) is 5.98. The Bertz CT molecular complexity index is 172. The SMILES string of the molecule is C=CC/C(=C/CCCO)C(C)(C)C. The van der Waals surface area contributed by atoms with Gasteiger partial charge in [0.25, 0.3) is 0 Å². The second-order valence-electron chi connectivity index (χ2n) is 4.34. The van der Waals surface area contributed by atoms with Crippen molar-refractivity contribution in [3.63, 3.8) is 0 Å². The molecule has 0 bridgehead atoms. The molecule has 13 heavy (non-hydrogen) atoms. The van der Waals surface area contributed by atoms with E-state index in [1.807, 2.05) is 6.08 Å². The third-order valence-electron chi connectivity index (χ3n) is 2.08. The van der Waals surface area contributed by atoms with Crippen molar-refractivity contribution < 1.29 is 5.11 Å². The maximum absolute atomic E-state index is 8.66. The van der Waals surface area contributed by atoms with Gasteiger partial charge < -0.3 is 5.11 Å². The van der Waals surface area contributed by atoms with Gasteiger partial charge in [-0.2, -0.15) is 0 Å². The van der Waals surface area contributed by atoms with Gasteiger partial charge in [-0.15, -0.1) is 6.58 Å². The van der Waals surface area contributed by atoms with Crippen molar-refractivity contribution >= 4 is 0 Å². The molecule has 0 aliphatic rings. The zero-order valence-corrected chi connectivity index (χ0v) is 9.14. The molecule has 0 fully saturated rings. The van der Waals surface area contributed by atoms with Crippen LogP contribution in [0.3, 0.4) is 0 Å². The Labute approximate surface area is 82.2 Å². The molecule has 0 aliphatic carbocycles. The fraction of sp³-hybridized carbons (Fsp3) is 0.667. The van der Waals surface area contributed by atoms with Crippen LogP contribution in [0.15, 0.2) is 24.3 Å². The highest BCUT2D eigenvalue weighted by molar-refractivity contribution is 5.13. The van der Waals surface area contributed by atoms with Crippen LogP contribution in [-0.4, -0.2) is 11.7 Å². The molecule has 0 saturated carbocycles. The van der Waals surface area contributed by atoms with Gasteiger partial charge in [0, 0.05) is 6.61 Å². The van der Waals surface area contributed by atoms with Crippen LogP contribution in [0.25, 0.3) is 0 Å². The van der Waals surface area contributed by atoms with E-state index in [-0.39, 0.29) is 12.0 Å². The van der Waals surface area contributed by atoms with E-state index in [1.54, 1.807) is 0 Å². The lowest BCUT2D eigenvalue weighted by Gasteiger charge is -2.22. The Morgan fingerprint density at radius 2 is 2.00 bits per heavy atom. The summed E-state index contributed by atoms with van der Waals surface area (Å²) in [6.45, 7) is 10.7. The van der Waals surface area contributed by atoms with Crippen molar-refractivity contribution in [1.82, 2.24) is 0 Å². The van der Waals surface area contributed by atoms with Gasteiger partial charge in [-0.3, -0.25) is 0 Å². The summed E-state index contributed by atoms with van der Waals surface area (Å²) in [5.74, 6) is 0. The standard InChI is InChI=1S/C12H22O/c1-5-8-11(12(2,3)4)9-6-7-10-13/h5,9,13H,1,6-8,10H2,2-4H3/b11-9-. The molecule has 0 saturated heterocycles. The molecule has 76 valence electrons. The third kappa shape index (κ3) is 5.64. The van der Waals surface area contributed by atoms with E-state index >= 15 is 0 Å². The average molecular weight is 182 g/mol. The van der Waals surface area contributed by atoms with Gasteiger partial charge in [-0.25, -0.2) is 0 Å². The van der Waals surface area contributed by atoms with Gasteiger partial charge in [0.15, 0.2) is 0 Å². The highest BCUT2D eigenvalue weighted by atomic mass is 16.2. The fourth-order valence-corrected chi connectivity index (χ4v) is 1.22. The predicted molar refractivity (Wildman–Crippen MR) is 58.7 cm³/mol. The lowest BCUT2D eigenvalue weighted by molar-refractivity contribution is 0.289. The average Bonchev–Trinajstić information content (AvgIpc) is 2.01. The summed E-state index contributed by atoms with van der Waals surface area (Å²) < 4.78 is 0. The van der Waals surface area contributed by atoms with Crippen LogP contribution >= 0.6 is 0 Å². The van der Waals surface area contributed by atoms with E-state index in [1.165, 1.54) is 5.57 Å². The van der Waals surface area contributed by atoms with Gasteiger partial charge in [-0.05, 0) is 24.7 Å². The Hall–Kier alpha value is -0.560. The summed E-state index contributed by atoms with van der Waals surface area (Å²) in [6.07, 6.45) is 6.95. The first-order valence-corrected chi connectivity index (χ1v) is 4.93. The van der Waals surface area contributed by atoms with Crippen molar-refractivity contribution in [3.05, 3.63) is 24.3 Å². The normalized spacial score (nSPS) is 13.1. The van der Waals surface area contributed by atoms with Crippen LogP contribution in [-0.2, 0) is 0 Å². The first-order chi connectivity index (χ1) is 6.02. The van der Waals surface area contributed by atoms with Crippen LogP contribution in [0.5, 0.6) is 0 Å². The van der Waals surface area contributed by atoms with E-state index in [2.05, 4.69) is 33.4 Å². The molecule has 0 rings (SSSR count). The zero-order valence-electron chi connectivity index (χ0n) is 9.14. The zero-order chi connectivity index (χ0) is 10.3. The van der Waals surface area contributed by atoms with E-state index in [0.29, 0.717) is 0 Å². The van der Waals surface area contributed by atoms with Crippen LogP contribution in [0.2, 0.25) is 0 Å². The first kappa shape index (κ1) is 12.4. The highest BCUT2D eigenvalue weighted by Crippen LogP contribution is 2.28. The maximum Gasteiger partial charge on any atom is 0.0433 e. The van der Waals surface area contributed by atoms with Gasteiger partial charge in [-0.1, -0.05) is 38.5 Å². The fourth-order valence-electron chi connectivity index (χ4n) is 1.22. The first-order valence-electron chi connectivity index (χ1n) is 4.93. The maximum atomic E-state index is 8.66. The van der Waals surface area contributed by atoms with Crippen LogP contribution in [0.1, 0.15) is 40.0 Å². The van der Waals surface area contributed by atoms with Gasteiger partial charge in [0.1, 0.15) is 0 Å². The minimum absolute atomic E-state index is 0.226. The van der Waals surface area contributed by atoms with Crippen molar-refractivity contribution in [3.8, 4) is 0 Å². The van der Waals surface area contributed by atoms with E-state index in [9.17, 15) is 0 Å². The minimum atomic E-state index is 0.226. The lowest BCUT2D eigenvalue weighted by atomic mass is 9.84. The van der Waals surface area contributed by atoms with Crippen molar-refractivity contribution in [2.24, 2.45) is 5.41 Å². The number of rotatable bonds is 5. The Balaban J connectivity index is 4.23. The molecule has 0 heterocycles. The van der Waals surface area contributed by atoms with Crippen LogP contribution in [0, 0.1) is 5.41 Å². The molecule has 0 aliphatic heterocycles. The van der Waals surface area contributed by atoms with Crippen LogP contribution < -0.4 is 0 Å². The van der Waals surface area contributed by atoms with Crippen molar-refractivity contribution in [1.29, 1.82) is 0 Å². The summed E-state index contributed by atoms with van der Waals surface area (Å²) in [7, 11) is 0. The molecule has 0 spiro atoms. The summed E-state index contributed by atoms with van der Waals surface area (Å²) in [5.41, 5.74) is 1.64. The number of aliphatic hydroxyl groups is 1. The number of allylic oxidation sites excluding steroid dienone is 3. The molecule has 1 N–H and O–H groups in total. The number of aliphatic hydroxyl groups excluding tert-OH is 1. The summed E-state index contributed by atoms with van der Waals surface area (Å²) in [6, 6.07) is 0. The molecular weight excluding hydrogens is 160 g/mol. The molecule has 0 aromatic heterocycles. The van der Waals surface area contributed by atoms with Gasteiger partial charge >= 0.3 is 0 Å². The molecule has 0 amide bonds. The highest BCUT2D eigenvalue weighted by Gasteiger charge is 2.14. The summed E-state index contributed by atoms with van der Waals surface area (Å²) in [5, 5.41) is 8.66. The molecular formula is C12H22O. The largest absolute Gasteiger partial charge is 0.396 e. The molecule has 1 nitrogen and oxygen atoms in total. The second-order valence-corrected chi connectivity index (χ2v) is 4.34. The third-order valence-corrected chi connectivity index (χ3v) is 2.08. The molecule has 0 aromatic carbocycles. The molecule has 0 aromatic rings. The predicted octanol–water partition coefficient (Wildman–Crippen LogP) is 3.31. The van der Waals surface area contributed by atoms with Crippen molar-refractivity contribution in [2.45, 2.75) is 40.0 Å². The number of hydrogen-bond acceptors (Lipinski definition) is 1. The van der Waals surface area contributed by atoms with E-state index in [4.69, 9.17) is 5.11 Å². The smallest absolute Gasteiger partial charge is 0.0433 e. The summed E-state index contributed by atoms with van der Waals surface area (Å²) in [4.78, 5) is 0. The van der Waals surface area contributed by atoms with E-state index < -0.39 is 0 Å². The van der Waals surface area contributed by atoms with Gasteiger partial charge in [0.05, 0.1) is 0 Å². The Kier molecular flexibility index (Phi) is 5.72. The molecule has 1 heteroatoms. The quantitative estimate of drug-likeness (QED) is 0.511.